The maximum atomic E-state index is 12.4. The Kier molecular flexibility index (Phi) is 6.67. The molecule has 2 heterocycles. The number of fused-ring (bicyclic) bond motifs is 1. The normalized spacial score (nSPS) is 22.5. The number of carbonyl (C=O) groups excluding carboxylic acids is 1. The number of hydrogen-bond donors (Lipinski definition) is 2. The average molecular weight is 438 g/mol. The second-order valence-corrected chi connectivity index (χ2v) is 10.1. The summed E-state index contributed by atoms with van der Waals surface area (Å²) < 4.78 is 1.62. The Morgan fingerprint density at radius 3 is 2.48 bits per heavy atom. The molecule has 2 N–H and O–H groups in total. The van der Waals surface area contributed by atoms with Gasteiger partial charge in [-0.05, 0) is 39.8 Å². The zero-order chi connectivity index (χ0) is 21.3. The lowest BCUT2D eigenvalue weighted by Crippen LogP contribution is -2.60. The predicted molar refractivity (Wildman–Crippen MR) is 116 cm³/mol. The number of aliphatic hydroxyl groups excluding tert-OH is 1. The van der Waals surface area contributed by atoms with E-state index in [4.69, 9.17) is 0 Å². The molecule has 0 bridgehead atoms. The molecule has 1 aromatic rings. The minimum Gasteiger partial charge on any atom is -0.477 e. The predicted octanol–water partition coefficient (Wildman–Crippen LogP) is 3.32. The number of quaternary nitrogens is 1. The first-order valence-corrected chi connectivity index (χ1v) is 11.7. The van der Waals surface area contributed by atoms with Gasteiger partial charge in [-0.2, -0.15) is 0 Å². The Balaban J connectivity index is 1.83. The van der Waals surface area contributed by atoms with Crippen molar-refractivity contribution in [2.45, 2.75) is 50.6 Å². The third kappa shape index (κ3) is 4.08. The molecule has 1 saturated heterocycles. The van der Waals surface area contributed by atoms with Crippen LogP contribution in [0.15, 0.2) is 39.1 Å². The van der Waals surface area contributed by atoms with Gasteiger partial charge in [0.1, 0.15) is 11.9 Å². The molecule has 158 valence electrons. The lowest BCUT2D eigenvalue weighted by Gasteiger charge is -2.43. The number of β-lactam (4-membered cyclic amide) rings is 1. The monoisotopic (exact) mass is 437 g/mol. The lowest BCUT2D eigenvalue weighted by atomic mass is 9.92. The van der Waals surface area contributed by atoms with Crippen molar-refractivity contribution in [1.82, 2.24) is 4.90 Å². The molecule has 0 saturated carbocycles. The van der Waals surface area contributed by atoms with Crippen LogP contribution in [0.2, 0.25) is 0 Å². The highest BCUT2D eigenvalue weighted by Gasteiger charge is 2.57. The maximum Gasteiger partial charge on any atom is 0.354 e. The van der Waals surface area contributed by atoms with E-state index in [2.05, 4.69) is 32.9 Å². The SMILES string of the molecule is CC[N+](CC)(CC)Cc1cccc(SC2=C(C(=O)O)N3C(=O)[C@H]([C@@H](C)O)[C@H]3S2)c1. The lowest BCUT2D eigenvalue weighted by molar-refractivity contribution is -0.936. The van der Waals surface area contributed by atoms with Crippen molar-refractivity contribution >= 4 is 35.4 Å². The summed E-state index contributed by atoms with van der Waals surface area (Å²) in [6, 6.07) is 8.22. The summed E-state index contributed by atoms with van der Waals surface area (Å²) in [6.45, 7) is 12.3. The Morgan fingerprint density at radius 2 is 1.93 bits per heavy atom. The summed E-state index contributed by atoms with van der Waals surface area (Å²) in [5.74, 6) is -1.96. The van der Waals surface area contributed by atoms with Crippen LogP contribution in [0.3, 0.4) is 0 Å². The molecule has 1 aromatic carbocycles. The number of benzene rings is 1. The number of nitrogens with zero attached hydrogens (tertiary/aromatic N) is 2. The fourth-order valence-corrected chi connectivity index (χ4v) is 6.98. The standard InChI is InChI=1S/C21H28N2O4S2/c1-5-23(6-2,7-3)12-14-9-8-10-15(11-14)28-21-17(20(26)27)22-18(25)16(13(4)24)19(22)29-21/h8-11,13,16,19,24H,5-7,12H2,1-4H3/p+1/t13-,16+,19-/m1/s1. The molecule has 0 unspecified atom stereocenters. The van der Waals surface area contributed by atoms with E-state index in [0.29, 0.717) is 4.24 Å². The van der Waals surface area contributed by atoms with Gasteiger partial charge in [0.05, 0.1) is 35.9 Å². The highest BCUT2D eigenvalue weighted by Crippen LogP contribution is 2.55. The van der Waals surface area contributed by atoms with E-state index in [0.717, 1.165) is 35.6 Å². The number of rotatable bonds is 9. The third-order valence-corrected chi connectivity index (χ3v) is 8.67. The summed E-state index contributed by atoms with van der Waals surface area (Å²) in [5.41, 5.74) is 1.26. The molecule has 3 atom stereocenters. The second kappa shape index (κ2) is 8.71. The maximum absolute atomic E-state index is 12.4. The molecule has 1 amide bonds. The van der Waals surface area contributed by atoms with Gasteiger partial charge in [-0.25, -0.2) is 4.79 Å². The minimum absolute atomic E-state index is 0.0399. The van der Waals surface area contributed by atoms with Crippen molar-refractivity contribution in [3.63, 3.8) is 0 Å². The fraction of sp³-hybridized carbons (Fsp3) is 0.524. The number of carboxylic acid groups (broad SMARTS) is 1. The van der Waals surface area contributed by atoms with Crippen molar-refractivity contribution in [1.29, 1.82) is 0 Å². The summed E-state index contributed by atoms with van der Waals surface area (Å²) >= 11 is 2.76. The molecule has 0 aromatic heterocycles. The molecule has 1 fully saturated rings. The Bertz CT molecular complexity index is 827. The summed E-state index contributed by atoms with van der Waals surface area (Å²) in [4.78, 5) is 26.5. The number of thioether (sulfide) groups is 2. The topological polar surface area (TPSA) is 77.8 Å². The van der Waals surface area contributed by atoms with Crippen LogP contribution >= 0.6 is 23.5 Å². The van der Waals surface area contributed by atoms with Crippen molar-refractivity contribution in [2.75, 3.05) is 19.6 Å². The molecule has 0 spiro atoms. The van der Waals surface area contributed by atoms with E-state index in [1.807, 2.05) is 12.1 Å². The van der Waals surface area contributed by atoms with Crippen LogP contribution in [0.4, 0.5) is 0 Å². The molecule has 0 radical (unpaired) electrons. The Morgan fingerprint density at radius 1 is 1.28 bits per heavy atom. The minimum atomic E-state index is -1.10. The molecule has 0 aliphatic carbocycles. The van der Waals surface area contributed by atoms with Crippen LogP contribution in [-0.2, 0) is 16.1 Å². The average Bonchev–Trinajstić information content (AvgIpc) is 3.00. The first-order valence-electron chi connectivity index (χ1n) is 10.0. The second-order valence-electron chi connectivity index (χ2n) is 7.62. The van der Waals surface area contributed by atoms with Crippen LogP contribution in [0.1, 0.15) is 33.3 Å². The molecule has 8 heteroatoms. The summed E-state index contributed by atoms with van der Waals surface area (Å²) in [5, 5.41) is 19.2. The van der Waals surface area contributed by atoms with E-state index >= 15 is 0 Å². The van der Waals surface area contributed by atoms with Gasteiger partial charge < -0.3 is 14.7 Å². The Labute approximate surface area is 180 Å². The molecule has 3 rings (SSSR count). The zero-order valence-corrected chi connectivity index (χ0v) is 18.9. The molecular weight excluding hydrogens is 408 g/mol. The van der Waals surface area contributed by atoms with Gasteiger partial charge in [0.15, 0.2) is 5.70 Å². The zero-order valence-electron chi connectivity index (χ0n) is 17.3. The van der Waals surface area contributed by atoms with Crippen molar-refractivity contribution in [2.24, 2.45) is 5.92 Å². The largest absolute Gasteiger partial charge is 0.477 e. The van der Waals surface area contributed by atoms with Gasteiger partial charge >= 0.3 is 5.97 Å². The van der Waals surface area contributed by atoms with E-state index in [9.17, 15) is 19.8 Å². The highest BCUT2D eigenvalue weighted by molar-refractivity contribution is 8.22. The van der Waals surface area contributed by atoms with Crippen LogP contribution < -0.4 is 0 Å². The number of carbonyl (C=O) groups is 2. The van der Waals surface area contributed by atoms with Gasteiger partial charge in [0, 0.05) is 10.5 Å². The quantitative estimate of drug-likeness (QED) is 0.456. The van der Waals surface area contributed by atoms with Gasteiger partial charge in [0.25, 0.3) is 0 Å². The van der Waals surface area contributed by atoms with Gasteiger partial charge in [-0.3, -0.25) is 9.69 Å². The fourth-order valence-electron chi connectivity index (χ4n) is 4.03. The van der Waals surface area contributed by atoms with Crippen LogP contribution in [-0.4, -0.2) is 62.6 Å². The van der Waals surface area contributed by atoms with Crippen molar-refractivity contribution < 1.29 is 24.3 Å². The molecule has 6 nitrogen and oxygen atoms in total. The highest BCUT2D eigenvalue weighted by atomic mass is 32.2. The van der Waals surface area contributed by atoms with Gasteiger partial charge in [-0.1, -0.05) is 35.7 Å². The van der Waals surface area contributed by atoms with Crippen molar-refractivity contribution in [3.05, 3.63) is 39.8 Å². The summed E-state index contributed by atoms with van der Waals surface area (Å²) in [7, 11) is 0. The first kappa shape index (κ1) is 22.2. The van der Waals surface area contributed by atoms with E-state index < -0.39 is 18.0 Å². The smallest absolute Gasteiger partial charge is 0.354 e. The van der Waals surface area contributed by atoms with Gasteiger partial charge in [-0.15, -0.1) is 0 Å². The van der Waals surface area contributed by atoms with E-state index in [1.165, 1.54) is 34.0 Å². The van der Waals surface area contributed by atoms with Gasteiger partial charge in [0.2, 0.25) is 5.91 Å². The summed E-state index contributed by atoms with van der Waals surface area (Å²) in [6.07, 6.45) is -0.790. The number of aliphatic hydroxyl groups is 1. The number of aliphatic carboxylic acids is 1. The molecular formula is C21H29N2O4S2+. The Hall–Kier alpha value is -1.48. The number of amides is 1. The molecule has 2 aliphatic rings. The van der Waals surface area contributed by atoms with E-state index in [-0.39, 0.29) is 17.0 Å². The molecule has 2 aliphatic heterocycles. The van der Waals surface area contributed by atoms with Crippen LogP contribution in [0.25, 0.3) is 0 Å². The first-order chi connectivity index (χ1) is 13.8. The van der Waals surface area contributed by atoms with Crippen LogP contribution in [0.5, 0.6) is 0 Å². The number of hydrogen-bond acceptors (Lipinski definition) is 5. The van der Waals surface area contributed by atoms with E-state index in [1.54, 1.807) is 6.92 Å². The van der Waals surface area contributed by atoms with Crippen molar-refractivity contribution in [3.8, 4) is 0 Å². The molecule has 29 heavy (non-hydrogen) atoms. The number of carboxylic acids is 1. The third-order valence-electron chi connectivity index (χ3n) is 6.11. The van der Waals surface area contributed by atoms with Crippen LogP contribution in [0, 0.1) is 5.92 Å².